The fraction of sp³-hybridized carbons (Fsp3) is 0.400. The summed E-state index contributed by atoms with van der Waals surface area (Å²) in [6.07, 6.45) is 11.9. The van der Waals surface area contributed by atoms with Gasteiger partial charge in [0, 0.05) is 6.42 Å². The van der Waals surface area contributed by atoms with Gasteiger partial charge in [0.15, 0.2) is 0 Å². The predicted molar refractivity (Wildman–Crippen MR) is 64.4 cm³/mol. The minimum Gasteiger partial charge on any atom is -0.0619 e. The average Bonchev–Trinajstić information content (AvgIpc) is 2.74. The summed E-state index contributed by atoms with van der Waals surface area (Å²) >= 11 is 0. The van der Waals surface area contributed by atoms with Gasteiger partial charge in [0.25, 0.3) is 0 Å². The van der Waals surface area contributed by atoms with Crippen molar-refractivity contribution in [2.45, 2.75) is 32.1 Å². The number of fused-ring (bicyclic) bond motifs is 1. The van der Waals surface area contributed by atoms with E-state index in [-0.39, 0.29) is 0 Å². The molecular weight excluding hydrogens is 180 g/mol. The molecule has 0 spiro atoms. The van der Waals surface area contributed by atoms with Crippen LogP contribution in [0.3, 0.4) is 0 Å². The molecule has 1 fully saturated rings. The Morgan fingerprint density at radius 1 is 0.867 bits per heavy atom. The molecule has 1 aromatic carbocycles. The van der Waals surface area contributed by atoms with E-state index in [0.29, 0.717) is 0 Å². The first-order valence-corrected chi connectivity index (χ1v) is 6.09. The first-order valence-electron chi connectivity index (χ1n) is 6.09. The smallest absolute Gasteiger partial charge is 0.0167 e. The summed E-state index contributed by atoms with van der Waals surface area (Å²) in [5.74, 6) is 0.839. The van der Waals surface area contributed by atoms with Crippen LogP contribution in [0.1, 0.15) is 43.2 Å². The molecule has 3 rings (SSSR count). The zero-order valence-corrected chi connectivity index (χ0v) is 9.08. The summed E-state index contributed by atoms with van der Waals surface area (Å²) in [7, 11) is 0. The van der Waals surface area contributed by atoms with Gasteiger partial charge in [-0.1, -0.05) is 55.2 Å². The minimum atomic E-state index is 0.839. The zero-order chi connectivity index (χ0) is 10.1. The molecule has 0 heterocycles. The lowest BCUT2D eigenvalue weighted by atomic mass is 9.83. The lowest BCUT2D eigenvalue weighted by molar-refractivity contribution is 0.408. The first-order chi connectivity index (χ1) is 7.43. The molecule has 0 amide bonds. The van der Waals surface area contributed by atoms with Crippen LogP contribution in [0.4, 0.5) is 0 Å². The summed E-state index contributed by atoms with van der Waals surface area (Å²) in [6, 6.07) is 8.71. The van der Waals surface area contributed by atoms with Gasteiger partial charge in [-0.2, -0.15) is 0 Å². The Bertz CT molecular complexity index is 381. The quantitative estimate of drug-likeness (QED) is 0.632. The summed E-state index contributed by atoms with van der Waals surface area (Å²) < 4.78 is 0. The van der Waals surface area contributed by atoms with Crippen molar-refractivity contribution in [1.82, 2.24) is 0 Å². The molecule has 0 saturated heterocycles. The average molecular weight is 197 g/mol. The maximum atomic E-state index is 2.39. The zero-order valence-electron chi connectivity index (χ0n) is 9.08. The molecule has 0 bridgehead atoms. The van der Waals surface area contributed by atoms with Gasteiger partial charge in [-0.3, -0.25) is 0 Å². The van der Waals surface area contributed by atoms with E-state index < -0.39 is 0 Å². The Balaban J connectivity index is 1.81. The van der Waals surface area contributed by atoms with Crippen molar-refractivity contribution in [3.8, 4) is 0 Å². The highest BCUT2D eigenvalue weighted by molar-refractivity contribution is 5.69. The van der Waals surface area contributed by atoms with E-state index >= 15 is 0 Å². The Kier molecular flexibility index (Phi) is 2.36. The molecule has 1 aromatic rings. The molecule has 0 aromatic heterocycles. The third-order valence-corrected chi connectivity index (χ3v) is 3.72. The van der Waals surface area contributed by atoms with Crippen molar-refractivity contribution in [1.29, 1.82) is 0 Å². The van der Waals surface area contributed by atoms with Crippen LogP contribution in [0.15, 0.2) is 29.8 Å². The van der Waals surface area contributed by atoms with Gasteiger partial charge in [-0.05, 0) is 29.9 Å². The van der Waals surface area contributed by atoms with Gasteiger partial charge < -0.3 is 0 Å². The van der Waals surface area contributed by atoms with Crippen LogP contribution < -0.4 is 0 Å². The Morgan fingerprint density at radius 2 is 1.60 bits per heavy atom. The summed E-state index contributed by atoms with van der Waals surface area (Å²) in [5, 5.41) is 0. The molecule has 0 heteroatoms. The van der Waals surface area contributed by atoms with Crippen LogP contribution in [0, 0.1) is 12.3 Å². The minimum absolute atomic E-state index is 0.839. The third kappa shape index (κ3) is 1.73. The second kappa shape index (κ2) is 3.84. The van der Waals surface area contributed by atoms with E-state index in [1.165, 1.54) is 43.2 Å². The van der Waals surface area contributed by atoms with Crippen LogP contribution in [0.2, 0.25) is 0 Å². The van der Waals surface area contributed by atoms with E-state index in [1.54, 1.807) is 5.57 Å². The van der Waals surface area contributed by atoms with Crippen LogP contribution >= 0.6 is 0 Å². The van der Waals surface area contributed by atoms with Gasteiger partial charge in [-0.15, -0.1) is 0 Å². The molecular formula is C15H17. The Labute approximate surface area is 92.0 Å². The van der Waals surface area contributed by atoms with Crippen molar-refractivity contribution in [2.75, 3.05) is 0 Å². The van der Waals surface area contributed by atoms with Crippen LogP contribution in [0.25, 0.3) is 6.08 Å². The van der Waals surface area contributed by atoms with Gasteiger partial charge >= 0.3 is 0 Å². The Morgan fingerprint density at radius 3 is 2.33 bits per heavy atom. The fourth-order valence-corrected chi connectivity index (χ4v) is 2.85. The lowest BCUT2D eigenvalue weighted by Crippen LogP contribution is -2.08. The van der Waals surface area contributed by atoms with E-state index in [2.05, 4.69) is 36.8 Å². The summed E-state index contributed by atoms with van der Waals surface area (Å²) in [6.45, 7) is 0. The second-order valence-electron chi connectivity index (χ2n) is 4.75. The van der Waals surface area contributed by atoms with Crippen LogP contribution in [-0.4, -0.2) is 0 Å². The largest absolute Gasteiger partial charge is 0.0619 e. The lowest BCUT2D eigenvalue weighted by Gasteiger charge is -2.22. The van der Waals surface area contributed by atoms with Gasteiger partial charge in [0.2, 0.25) is 0 Å². The van der Waals surface area contributed by atoms with E-state index in [0.717, 1.165) is 5.92 Å². The fourth-order valence-electron chi connectivity index (χ4n) is 2.85. The predicted octanol–water partition coefficient (Wildman–Crippen LogP) is 4.22. The third-order valence-electron chi connectivity index (χ3n) is 3.72. The molecule has 2 aliphatic carbocycles. The van der Waals surface area contributed by atoms with Crippen molar-refractivity contribution < 1.29 is 0 Å². The molecule has 1 saturated carbocycles. The molecule has 15 heavy (non-hydrogen) atoms. The molecule has 0 aliphatic heterocycles. The standard InChI is InChI=1S/C15H17/c1-2-6-12(7-3-1)15-10-13-8-4-5-9-14(13)11-15/h4-5,8-12H,1-3,6-7H2. The van der Waals surface area contributed by atoms with Crippen LogP contribution in [0.5, 0.6) is 0 Å². The normalized spacial score (nSPS) is 21.2. The highest BCUT2D eigenvalue weighted by atomic mass is 14.3. The first kappa shape index (κ1) is 9.21. The topological polar surface area (TPSA) is 0 Å². The summed E-state index contributed by atoms with van der Waals surface area (Å²) in [5.41, 5.74) is 4.41. The van der Waals surface area contributed by atoms with Crippen molar-refractivity contribution in [3.63, 3.8) is 0 Å². The molecule has 0 atom stereocenters. The van der Waals surface area contributed by atoms with Crippen molar-refractivity contribution in [3.05, 3.63) is 47.4 Å². The molecule has 2 aliphatic rings. The maximum Gasteiger partial charge on any atom is 0.0167 e. The molecule has 1 radical (unpaired) electrons. The number of rotatable bonds is 1. The van der Waals surface area contributed by atoms with Gasteiger partial charge in [0.1, 0.15) is 0 Å². The highest BCUT2D eigenvalue weighted by Gasteiger charge is 2.22. The molecule has 0 N–H and O–H groups in total. The van der Waals surface area contributed by atoms with E-state index in [4.69, 9.17) is 0 Å². The second-order valence-corrected chi connectivity index (χ2v) is 4.75. The highest BCUT2D eigenvalue weighted by Crippen LogP contribution is 2.37. The van der Waals surface area contributed by atoms with Crippen molar-refractivity contribution >= 4 is 6.08 Å². The number of hydrogen-bond acceptors (Lipinski definition) is 0. The van der Waals surface area contributed by atoms with Crippen molar-refractivity contribution in [2.24, 2.45) is 5.92 Å². The SMILES string of the molecule is [CH]1C(C2CCCCC2)=Cc2ccccc21. The van der Waals surface area contributed by atoms with Crippen LogP contribution in [-0.2, 0) is 0 Å². The molecule has 77 valence electrons. The molecule has 0 unspecified atom stereocenters. The summed E-state index contributed by atoms with van der Waals surface area (Å²) in [4.78, 5) is 0. The number of allylic oxidation sites excluding steroid dienone is 1. The number of hydrogen-bond donors (Lipinski definition) is 0. The van der Waals surface area contributed by atoms with E-state index in [9.17, 15) is 0 Å². The monoisotopic (exact) mass is 197 g/mol. The maximum absolute atomic E-state index is 2.39. The van der Waals surface area contributed by atoms with Gasteiger partial charge in [-0.25, -0.2) is 0 Å². The van der Waals surface area contributed by atoms with E-state index in [1.807, 2.05) is 0 Å². The molecule has 0 nitrogen and oxygen atoms in total. The Hall–Kier alpha value is -1.04. The number of benzene rings is 1. The van der Waals surface area contributed by atoms with Gasteiger partial charge in [0.05, 0.1) is 0 Å².